The highest BCUT2D eigenvalue weighted by atomic mass is 16.3. The molecular formula is C14H25N3O4. The Morgan fingerprint density at radius 2 is 1.90 bits per heavy atom. The van der Waals surface area contributed by atoms with E-state index in [4.69, 9.17) is 5.11 Å². The van der Waals surface area contributed by atoms with E-state index in [9.17, 15) is 14.4 Å². The van der Waals surface area contributed by atoms with Crippen LogP contribution in [0, 0.1) is 0 Å². The molecule has 0 bridgehead atoms. The highest BCUT2D eigenvalue weighted by molar-refractivity contribution is 6.06. The summed E-state index contributed by atoms with van der Waals surface area (Å²) in [6.07, 6.45) is 3.68. The number of nitrogens with one attached hydrogen (secondary N) is 2. The topological polar surface area (TPSA) is 98.7 Å². The maximum absolute atomic E-state index is 11.9. The van der Waals surface area contributed by atoms with Crippen LogP contribution >= 0.6 is 0 Å². The molecule has 0 spiro atoms. The Morgan fingerprint density at radius 3 is 2.48 bits per heavy atom. The summed E-state index contributed by atoms with van der Waals surface area (Å²) in [6.45, 7) is 4.16. The maximum atomic E-state index is 11.9. The highest BCUT2D eigenvalue weighted by Crippen LogP contribution is 2.16. The van der Waals surface area contributed by atoms with Crippen molar-refractivity contribution in [1.29, 1.82) is 0 Å². The Morgan fingerprint density at radius 1 is 1.24 bits per heavy atom. The molecule has 0 aromatic heterocycles. The largest absolute Gasteiger partial charge is 0.396 e. The second kappa shape index (κ2) is 7.97. The predicted octanol–water partition coefficient (Wildman–Crippen LogP) is 0.376. The summed E-state index contributed by atoms with van der Waals surface area (Å²) < 4.78 is 0. The molecule has 3 N–H and O–H groups in total. The van der Waals surface area contributed by atoms with Gasteiger partial charge in [0.15, 0.2) is 0 Å². The van der Waals surface area contributed by atoms with E-state index >= 15 is 0 Å². The zero-order valence-electron chi connectivity index (χ0n) is 12.8. The first-order valence-corrected chi connectivity index (χ1v) is 7.40. The lowest BCUT2D eigenvalue weighted by Crippen LogP contribution is -2.40. The first kappa shape index (κ1) is 17.4. The summed E-state index contributed by atoms with van der Waals surface area (Å²) in [7, 11) is 0. The van der Waals surface area contributed by atoms with Crippen molar-refractivity contribution >= 4 is 17.8 Å². The van der Waals surface area contributed by atoms with Crippen molar-refractivity contribution in [3.05, 3.63) is 0 Å². The lowest BCUT2D eigenvalue weighted by Gasteiger charge is -2.15. The molecule has 0 radical (unpaired) electrons. The average Bonchev–Trinajstić information content (AvgIpc) is 2.61. The molecule has 1 rings (SSSR count). The molecule has 0 atom stereocenters. The Balaban J connectivity index is 2.19. The van der Waals surface area contributed by atoms with Crippen molar-refractivity contribution in [2.45, 2.75) is 51.5 Å². The van der Waals surface area contributed by atoms with Gasteiger partial charge in [-0.15, -0.1) is 0 Å². The summed E-state index contributed by atoms with van der Waals surface area (Å²) in [5.41, 5.74) is -0.889. The average molecular weight is 299 g/mol. The third-order valence-electron chi connectivity index (χ3n) is 3.41. The van der Waals surface area contributed by atoms with Gasteiger partial charge in [0.05, 0.1) is 0 Å². The SMILES string of the molecule is CC1(C)NC(=O)N(CCC(=O)NCCCCCCO)C1=O. The third-order valence-corrected chi connectivity index (χ3v) is 3.41. The monoisotopic (exact) mass is 299 g/mol. The molecule has 120 valence electrons. The van der Waals surface area contributed by atoms with E-state index in [1.165, 1.54) is 0 Å². The van der Waals surface area contributed by atoms with Crippen LogP contribution in [0.3, 0.4) is 0 Å². The van der Waals surface area contributed by atoms with Gasteiger partial charge in [0.2, 0.25) is 5.91 Å². The van der Waals surface area contributed by atoms with Gasteiger partial charge in [-0.3, -0.25) is 14.5 Å². The quantitative estimate of drug-likeness (QED) is 0.423. The highest BCUT2D eigenvalue weighted by Gasteiger charge is 2.43. The van der Waals surface area contributed by atoms with Crippen LogP contribution in [0.25, 0.3) is 0 Å². The number of unbranched alkanes of at least 4 members (excludes halogenated alkanes) is 3. The van der Waals surface area contributed by atoms with Crippen LogP contribution in [0.5, 0.6) is 0 Å². The molecule has 0 aliphatic carbocycles. The number of carbonyl (C=O) groups excluding carboxylic acids is 3. The zero-order chi connectivity index (χ0) is 15.9. The smallest absolute Gasteiger partial charge is 0.325 e. The van der Waals surface area contributed by atoms with E-state index in [-0.39, 0.29) is 31.4 Å². The van der Waals surface area contributed by atoms with E-state index < -0.39 is 11.6 Å². The van der Waals surface area contributed by atoms with E-state index in [0.717, 1.165) is 30.6 Å². The Hall–Kier alpha value is -1.63. The Labute approximate surface area is 125 Å². The minimum absolute atomic E-state index is 0.102. The van der Waals surface area contributed by atoms with Gasteiger partial charge in [-0.2, -0.15) is 0 Å². The lowest BCUT2D eigenvalue weighted by molar-refractivity contribution is -0.130. The minimum Gasteiger partial charge on any atom is -0.396 e. The first-order valence-electron chi connectivity index (χ1n) is 7.40. The molecule has 7 heteroatoms. The van der Waals surface area contributed by atoms with Gasteiger partial charge in [0, 0.05) is 26.1 Å². The molecule has 0 aromatic carbocycles. The number of rotatable bonds is 9. The number of nitrogens with zero attached hydrogens (tertiary/aromatic N) is 1. The van der Waals surface area contributed by atoms with E-state index in [0.29, 0.717) is 6.54 Å². The Kier molecular flexibility index (Phi) is 6.61. The number of hydrogen-bond donors (Lipinski definition) is 3. The van der Waals surface area contributed by atoms with Gasteiger partial charge in [-0.25, -0.2) is 4.79 Å². The zero-order valence-corrected chi connectivity index (χ0v) is 12.8. The van der Waals surface area contributed by atoms with Gasteiger partial charge in [-0.1, -0.05) is 12.8 Å². The summed E-state index contributed by atoms with van der Waals surface area (Å²) in [6, 6.07) is -0.443. The summed E-state index contributed by atoms with van der Waals surface area (Å²) in [5, 5.41) is 14.0. The van der Waals surface area contributed by atoms with Crippen molar-refractivity contribution in [3.63, 3.8) is 0 Å². The van der Waals surface area contributed by atoms with Crippen LogP contribution in [0.2, 0.25) is 0 Å². The number of aliphatic hydroxyl groups excluding tert-OH is 1. The number of amides is 4. The maximum Gasteiger partial charge on any atom is 0.325 e. The molecule has 1 saturated heterocycles. The van der Waals surface area contributed by atoms with Gasteiger partial charge >= 0.3 is 6.03 Å². The van der Waals surface area contributed by atoms with Crippen LogP contribution in [0.15, 0.2) is 0 Å². The molecule has 1 fully saturated rings. The van der Waals surface area contributed by atoms with Crippen molar-refractivity contribution < 1.29 is 19.5 Å². The number of hydrogen-bond acceptors (Lipinski definition) is 4. The fourth-order valence-electron chi connectivity index (χ4n) is 2.14. The Bertz CT molecular complexity index is 396. The molecule has 4 amide bonds. The molecular weight excluding hydrogens is 274 g/mol. The second-order valence-electron chi connectivity index (χ2n) is 5.75. The van der Waals surface area contributed by atoms with E-state index in [1.807, 2.05) is 0 Å². The van der Waals surface area contributed by atoms with Gasteiger partial charge in [-0.05, 0) is 26.7 Å². The van der Waals surface area contributed by atoms with E-state index in [2.05, 4.69) is 10.6 Å². The summed E-state index contributed by atoms with van der Waals surface area (Å²) in [5.74, 6) is -0.466. The molecule has 21 heavy (non-hydrogen) atoms. The van der Waals surface area contributed by atoms with Crippen LogP contribution in [-0.2, 0) is 9.59 Å². The minimum atomic E-state index is -0.889. The van der Waals surface area contributed by atoms with Crippen molar-refractivity contribution in [2.75, 3.05) is 19.7 Å². The third kappa shape index (κ3) is 5.34. The fourth-order valence-corrected chi connectivity index (χ4v) is 2.14. The van der Waals surface area contributed by atoms with Crippen LogP contribution < -0.4 is 10.6 Å². The molecule has 0 aromatic rings. The standard InChI is InChI=1S/C14H25N3O4/c1-14(2)12(20)17(13(21)16-14)9-7-11(19)15-8-5-3-4-6-10-18/h18H,3-10H2,1-2H3,(H,15,19)(H,16,21). The first-order chi connectivity index (χ1) is 9.88. The second-order valence-corrected chi connectivity index (χ2v) is 5.75. The number of aliphatic hydroxyl groups is 1. The summed E-state index contributed by atoms with van der Waals surface area (Å²) in [4.78, 5) is 36.2. The van der Waals surface area contributed by atoms with Gasteiger partial charge in [0.1, 0.15) is 5.54 Å². The van der Waals surface area contributed by atoms with Gasteiger partial charge in [0.25, 0.3) is 5.91 Å². The fraction of sp³-hybridized carbons (Fsp3) is 0.786. The molecule has 1 aliphatic rings. The van der Waals surface area contributed by atoms with Crippen molar-refractivity contribution in [2.24, 2.45) is 0 Å². The van der Waals surface area contributed by atoms with E-state index in [1.54, 1.807) is 13.8 Å². The van der Waals surface area contributed by atoms with Crippen LogP contribution in [0.4, 0.5) is 4.79 Å². The molecule has 7 nitrogen and oxygen atoms in total. The molecule has 0 saturated carbocycles. The van der Waals surface area contributed by atoms with Crippen LogP contribution in [-0.4, -0.2) is 53.1 Å². The molecule has 1 heterocycles. The summed E-state index contributed by atoms with van der Waals surface area (Å²) >= 11 is 0. The number of imide groups is 1. The van der Waals surface area contributed by atoms with Crippen molar-refractivity contribution in [1.82, 2.24) is 15.5 Å². The predicted molar refractivity (Wildman–Crippen MR) is 77.5 cm³/mol. The number of urea groups is 1. The molecule has 0 unspecified atom stereocenters. The van der Waals surface area contributed by atoms with Crippen molar-refractivity contribution in [3.8, 4) is 0 Å². The van der Waals surface area contributed by atoms with Crippen LogP contribution in [0.1, 0.15) is 46.0 Å². The normalized spacial score (nSPS) is 17.0. The lowest BCUT2D eigenvalue weighted by atomic mass is 10.1. The molecule has 1 aliphatic heterocycles. The van der Waals surface area contributed by atoms with Gasteiger partial charge < -0.3 is 15.7 Å². The number of carbonyl (C=O) groups is 3.